The molecule has 0 amide bonds. The molecular formula is C14H14N3+. The van der Waals surface area contributed by atoms with Gasteiger partial charge in [0.25, 0.3) is 0 Å². The molecule has 84 valence electrons. The summed E-state index contributed by atoms with van der Waals surface area (Å²) in [6.45, 7) is 0.798. The van der Waals surface area contributed by atoms with Crippen LogP contribution in [0.5, 0.6) is 0 Å². The van der Waals surface area contributed by atoms with Crippen molar-refractivity contribution in [1.29, 1.82) is 0 Å². The van der Waals surface area contributed by atoms with Crippen LogP contribution in [0.1, 0.15) is 5.82 Å². The van der Waals surface area contributed by atoms with Gasteiger partial charge < -0.3 is 4.57 Å². The summed E-state index contributed by atoms with van der Waals surface area (Å²) in [4.78, 5) is 4.65. The predicted octanol–water partition coefficient (Wildman–Crippen LogP) is 1.91. The number of imidazole rings is 1. The maximum absolute atomic E-state index is 4.65. The molecule has 0 saturated carbocycles. The molecule has 0 aliphatic rings. The molecular weight excluding hydrogens is 210 g/mol. The fraction of sp³-hybridized carbons (Fsp3) is 0.143. The van der Waals surface area contributed by atoms with Crippen molar-refractivity contribution in [2.45, 2.75) is 6.54 Å². The molecule has 0 bridgehead atoms. The van der Waals surface area contributed by atoms with Gasteiger partial charge in [-0.2, -0.15) is 4.57 Å². The first-order valence-electron chi connectivity index (χ1n) is 5.69. The van der Waals surface area contributed by atoms with Gasteiger partial charge in [-0.25, -0.2) is 4.98 Å². The maximum Gasteiger partial charge on any atom is 0.206 e. The molecule has 0 fully saturated rings. The number of hydrogen-bond donors (Lipinski definition) is 0. The average Bonchev–Trinajstić information content (AvgIpc) is 2.68. The second-order valence-corrected chi connectivity index (χ2v) is 4.12. The van der Waals surface area contributed by atoms with Crippen molar-refractivity contribution in [3.05, 3.63) is 60.7 Å². The van der Waals surface area contributed by atoms with Gasteiger partial charge >= 0.3 is 0 Å². The molecule has 0 aliphatic carbocycles. The van der Waals surface area contributed by atoms with E-state index in [-0.39, 0.29) is 0 Å². The molecule has 0 atom stereocenters. The van der Waals surface area contributed by atoms with Crippen molar-refractivity contribution < 1.29 is 4.57 Å². The minimum absolute atomic E-state index is 0.798. The molecule has 1 aromatic carbocycles. The van der Waals surface area contributed by atoms with Gasteiger partial charge in [-0.15, -0.1) is 0 Å². The molecule has 0 spiro atoms. The molecule has 0 aliphatic heterocycles. The normalized spacial score (nSPS) is 10.9. The van der Waals surface area contributed by atoms with E-state index in [0.29, 0.717) is 0 Å². The lowest BCUT2D eigenvalue weighted by atomic mass is 10.3. The van der Waals surface area contributed by atoms with Gasteiger partial charge in [0.05, 0.1) is 11.0 Å². The first-order valence-corrected chi connectivity index (χ1v) is 5.69. The Morgan fingerprint density at radius 1 is 1.06 bits per heavy atom. The van der Waals surface area contributed by atoms with Crippen LogP contribution in [0.2, 0.25) is 0 Å². The quantitative estimate of drug-likeness (QED) is 0.609. The van der Waals surface area contributed by atoms with E-state index in [1.165, 1.54) is 5.52 Å². The third-order valence-corrected chi connectivity index (χ3v) is 2.98. The van der Waals surface area contributed by atoms with Gasteiger partial charge in [0, 0.05) is 19.2 Å². The van der Waals surface area contributed by atoms with Crippen LogP contribution in [0, 0.1) is 0 Å². The third kappa shape index (κ3) is 1.80. The fourth-order valence-corrected chi connectivity index (χ4v) is 2.04. The smallest absolute Gasteiger partial charge is 0.206 e. The molecule has 17 heavy (non-hydrogen) atoms. The van der Waals surface area contributed by atoms with E-state index in [4.69, 9.17) is 0 Å². The summed E-state index contributed by atoms with van der Waals surface area (Å²) in [5.74, 6) is 1.07. The van der Waals surface area contributed by atoms with Crippen molar-refractivity contribution in [3.63, 3.8) is 0 Å². The first kappa shape index (κ1) is 10.0. The summed E-state index contributed by atoms with van der Waals surface area (Å²) >= 11 is 0. The standard InChI is InChI=1S/C14H14N3/c1-16-13-8-4-3-7-12(13)15-14(16)11-17-9-5-2-6-10-17/h2-10H,11H2,1H3/q+1. The van der Waals surface area contributed by atoms with Gasteiger partial charge in [-0.05, 0) is 12.1 Å². The Hall–Kier alpha value is -2.16. The zero-order valence-electron chi connectivity index (χ0n) is 9.74. The number of fused-ring (bicyclic) bond motifs is 1. The number of benzene rings is 1. The van der Waals surface area contributed by atoms with E-state index in [1.807, 2.05) is 30.3 Å². The second kappa shape index (κ2) is 4.01. The molecule has 0 saturated heterocycles. The number of aryl methyl sites for hydroxylation is 1. The number of rotatable bonds is 2. The Morgan fingerprint density at radius 3 is 2.59 bits per heavy atom. The van der Waals surface area contributed by atoms with Gasteiger partial charge in [-0.1, -0.05) is 18.2 Å². The van der Waals surface area contributed by atoms with Crippen LogP contribution in [-0.4, -0.2) is 9.55 Å². The molecule has 3 heteroatoms. The van der Waals surface area contributed by atoms with Crippen molar-refractivity contribution in [3.8, 4) is 0 Å². The van der Waals surface area contributed by atoms with Crippen LogP contribution in [0.4, 0.5) is 0 Å². The lowest BCUT2D eigenvalue weighted by Gasteiger charge is -1.98. The van der Waals surface area contributed by atoms with Crippen LogP contribution in [-0.2, 0) is 13.6 Å². The molecule has 3 nitrogen and oxygen atoms in total. The minimum atomic E-state index is 0.798. The van der Waals surface area contributed by atoms with Crippen molar-refractivity contribution in [1.82, 2.24) is 9.55 Å². The summed E-state index contributed by atoms with van der Waals surface area (Å²) in [6.07, 6.45) is 4.11. The Morgan fingerprint density at radius 2 is 1.82 bits per heavy atom. The monoisotopic (exact) mass is 224 g/mol. The van der Waals surface area contributed by atoms with E-state index < -0.39 is 0 Å². The maximum atomic E-state index is 4.65. The number of nitrogens with zero attached hydrogens (tertiary/aromatic N) is 3. The molecule has 3 rings (SSSR count). The van der Waals surface area contributed by atoms with Crippen LogP contribution in [0.15, 0.2) is 54.9 Å². The number of para-hydroxylation sites is 2. The highest BCUT2D eigenvalue weighted by molar-refractivity contribution is 5.75. The van der Waals surface area contributed by atoms with Gasteiger partial charge in [0.2, 0.25) is 6.54 Å². The Bertz CT molecular complexity index is 641. The predicted molar refractivity (Wildman–Crippen MR) is 66.5 cm³/mol. The molecule has 0 unspecified atom stereocenters. The highest BCUT2D eigenvalue weighted by Gasteiger charge is 2.10. The summed E-state index contributed by atoms with van der Waals surface area (Å²) < 4.78 is 4.27. The first-order chi connectivity index (χ1) is 8.34. The zero-order chi connectivity index (χ0) is 11.7. The lowest BCUT2D eigenvalue weighted by molar-refractivity contribution is -0.689. The van der Waals surface area contributed by atoms with Crippen LogP contribution in [0.25, 0.3) is 11.0 Å². The number of aromatic nitrogens is 3. The topological polar surface area (TPSA) is 21.7 Å². The summed E-state index contributed by atoms with van der Waals surface area (Å²) in [6, 6.07) is 14.3. The Kier molecular flexibility index (Phi) is 2.37. The van der Waals surface area contributed by atoms with E-state index in [0.717, 1.165) is 17.9 Å². The number of hydrogen-bond acceptors (Lipinski definition) is 1. The van der Waals surface area contributed by atoms with Gasteiger partial charge in [0.1, 0.15) is 0 Å². The van der Waals surface area contributed by atoms with E-state index in [9.17, 15) is 0 Å². The SMILES string of the molecule is Cn1c(C[n+]2ccccc2)nc2ccccc21. The zero-order valence-corrected chi connectivity index (χ0v) is 9.74. The van der Waals surface area contributed by atoms with Crippen molar-refractivity contribution in [2.24, 2.45) is 7.05 Å². The molecule has 0 N–H and O–H groups in total. The Balaban J connectivity index is 2.04. The third-order valence-electron chi connectivity index (χ3n) is 2.98. The Labute approximate surface area is 100.0 Å². The van der Waals surface area contributed by atoms with Crippen molar-refractivity contribution in [2.75, 3.05) is 0 Å². The van der Waals surface area contributed by atoms with Crippen LogP contribution in [0.3, 0.4) is 0 Å². The summed E-state index contributed by atoms with van der Waals surface area (Å²) in [5.41, 5.74) is 2.24. The van der Waals surface area contributed by atoms with E-state index in [1.54, 1.807) is 0 Å². The summed E-state index contributed by atoms with van der Waals surface area (Å²) in [7, 11) is 2.06. The minimum Gasteiger partial charge on any atom is -0.326 e. The molecule has 0 radical (unpaired) electrons. The lowest BCUT2D eigenvalue weighted by Crippen LogP contribution is -2.34. The second-order valence-electron chi connectivity index (χ2n) is 4.12. The van der Waals surface area contributed by atoms with Gasteiger partial charge in [0.15, 0.2) is 18.2 Å². The van der Waals surface area contributed by atoms with E-state index >= 15 is 0 Å². The highest BCUT2D eigenvalue weighted by Crippen LogP contribution is 2.13. The molecule has 2 aromatic heterocycles. The van der Waals surface area contributed by atoms with Gasteiger partial charge in [-0.3, -0.25) is 0 Å². The molecule has 2 heterocycles. The van der Waals surface area contributed by atoms with E-state index in [2.05, 4.69) is 45.7 Å². The van der Waals surface area contributed by atoms with Crippen molar-refractivity contribution >= 4 is 11.0 Å². The largest absolute Gasteiger partial charge is 0.326 e. The highest BCUT2D eigenvalue weighted by atomic mass is 15.1. The summed E-state index contributed by atoms with van der Waals surface area (Å²) in [5, 5.41) is 0. The molecule has 3 aromatic rings. The number of pyridine rings is 1. The van der Waals surface area contributed by atoms with Crippen LogP contribution >= 0.6 is 0 Å². The van der Waals surface area contributed by atoms with Crippen LogP contribution < -0.4 is 4.57 Å². The average molecular weight is 224 g/mol. The fourth-order valence-electron chi connectivity index (χ4n) is 2.04.